The van der Waals surface area contributed by atoms with Gasteiger partial charge < -0.3 is 16.0 Å². The van der Waals surface area contributed by atoms with Crippen LogP contribution in [0.3, 0.4) is 0 Å². The minimum absolute atomic E-state index is 0.0266. The monoisotopic (exact) mass is 345 g/mol. The van der Waals surface area contributed by atoms with Gasteiger partial charge in [-0.2, -0.15) is 0 Å². The molecule has 1 atom stereocenters. The van der Waals surface area contributed by atoms with E-state index in [1.165, 1.54) is 26.2 Å². The van der Waals surface area contributed by atoms with Gasteiger partial charge in [-0.25, -0.2) is 0 Å². The van der Waals surface area contributed by atoms with Gasteiger partial charge in [-0.15, -0.1) is 0 Å². The van der Waals surface area contributed by atoms with Crippen LogP contribution in [0.2, 0.25) is 0 Å². The Labute approximate surface area is 148 Å². The molecule has 1 aromatic carbocycles. The fourth-order valence-electron chi connectivity index (χ4n) is 3.27. The summed E-state index contributed by atoms with van der Waals surface area (Å²) >= 11 is 0. The smallest absolute Gasteiger partial charge is 0.239 e. The third kappa shape index (κ3) is 6.57. The van der Waals surface area contributed by atoms with Crippen molar-refractivity contribution in [3.05, 3.63) is 35.9 Å². The zero-order valence-corrected chi connectivity index (χ0v) is 14.7. The molecule has 6 heteroatoms. The molecule has 0 spiro atoms. The number of amides is 3. The molecule has 0 bridgehead atoms. The van der Waals surface area contributed by atoms with Crippen molar-refractivity contribution in [3.63, 3.8) is 0 Å². The third-order valence-electron chi connectivity index (χ3n) is 4.54. The van der Waals surface area contributed by atoms with Crippen molar-refractivity contribution in [1.82, 2.24) is 16.0 Å². The van der Waals surface area contributed by atoms with E-state index in [1.807, 2.05) is 30.3 Å². The van der Waals surface area contributed by atoms with Gasteiger partial charge >= 0.3 is 0 Å². The van der Waals surface area contributed by atoms with E-state index in [9.17, 15) is 14.4 Å². The average molecular weight is 345 g/mol. The molecular weight excluding hydrogens is 318 g/mol. The molecule has 1 saturated carbocycles. The summed E-state index contributed by atoms with van der Waals surface area (Å²) in [7, 11) is 0. The summed E-state index contributed by atoms with van der Waals surface area (Å²) in [5, 5.41) is 8.02. The highest BCUT2D eigenvalue weighted by Crippen LogP contribution is 2.34. The molecule has 0 aromatic heterocycles. The molecule has 3 N–H and O–H groups in total. The van der Waals surface area contributed by atoms with Gasteiger partial charge in [0.1, 0.15) is 0 Å². The van der Waals surface area contributed by atoms with Crippen LogP contribution >= 0.6 is 0 Å². The molecule has 0 unspecified atom stereocenters. The number of nitrogens with one attached hydrogen (secondary N) is 3. The molecule has 0 heterocycles. The molecule has 1 fully saturated rings. The Balaban J connectivity index is 1.91. The van der Waals surface area contributed by atoms with Crippen LogP contribution < -0.4 is 16.0 Å². The maximum absolute atomic E-state index is 12.3. The molecule has 25 heavy (non-hydrogen) atoms. The number of hydrogen-bond acceptors (Lipinski definition) is 3. The fraction of sp³-hybridized carbons (Fsp3) is 0.526. The molecule has 1 aromatic rings. The van der Waals surface area contributed by atoms with Gasteiger partial charge in [-0.1, -0.05) is 49.6 Å². The van der Waals surface area contributed by atoms with Crippen molar-refractivity contribution in [2.24, 2.45) is 5.92 Å². The lowest BCUT2D eigenvalue weighted by molar-refractivity contribution is -0.127. The van der Waals surface area contributed by atoms with Gasteiger partial charge in [0.25, 0.3) is 0 Å². The van der Waals surface area contributed by atoms with E-state index in [-0.39, 0.29) is 36.9 Å². The predicted octanol–water partition coefficient (Wildman–Crippen LogP) is 1.68. The Morgan fingerprint density at radius 3 is 2.24 bits per heavy atom. The number of carbonyl (C=O) groups excluding carboxylic acids is 3. The first-order valence-corrected chi connectivity index (χ1v) is 8.91. The summed E-state index contributed by atoms with van der Waals surface area (Å²) < 4.78 is 0. The minimum atomic E-state index is -0.376. The van der Waals surface area contributed by atoms with Gasteiger partial charge in [0.05, 0.1) is 19.1 Å². The highest BCUT2D eigenvalue weighted by molar-refractivity contribution is 5.87. The van der Waals surface area contributed by atoms with Crippen LogP contribution in [0.15, 0.2) is 30.3 Å². The quantitative estimate of drug-likeness (QED) is 0.702. The highest BCUT2D eigenvalue weighted by Gasteiger charge is 2.26. The van der Waals surface area contributed by atoms with Crippen LogP contribution in [-0.2, 0) is 14.4 Å². The van der Waals surface area contributed by atoms with Crippen LogP contribution in [0, 0.1) is 5.92 Å². The van der Waals surface area contributed by atoms with E-state index >= 15 is 0 Å². The lowest BCUT2D eigenvalue weighted by Gasteiger charge is -2.31. The Bertz CT molecular complexity index is 583. The molecular formula is C19H27N3O3. The summed E-state index contributed by atoms with van der Waals surface area (Å²) in [4.78, 5) is 34.7. The van der Waals surface area contributed by atoms with E-state index in [0.717, 1.165) is 18.4 Å². The number of rotatable bonds is 7. The fourth-order valence-corrected chi connectivity index (χ4v) is 3.27. The average Bonchev–Trinajstić information content (AvgIpc) is 2.64. The molecule has 1 aliphatic rings. The first kappa shape index (κ1) is 19.0. The zero-order valence-electron chi connectivity index (χ0n) is 14.7. The lowest BCUT2D eigenvalue weighted by atomic mass is 9.81. The molecule has 3 amide bonds. The van der Waals surface area contributed by atoms with E-state index < -0.39 is 0 Å². The SMILES string of the molecule is CC(=O)NCC(=O)NCC(=O)N[C@@H](c1ccccc1)C1CCCCC1. The van der Waals surface area contributed by atoms with E-state index in [0.29, 0.717) is 5.92 Å². The summed E-state index contributed by atoms with van der Waals surface area (Å²) in [6, 6.07) is 9.97. The lowest BCUT2D eigenvalue weighted by Crippen LogP contribution is -2.43. The number of benzene rings is 1. The second kappa shape index (κ2) is 9.81. The highest BCUT2D eigenvalue weighted by atomic mass is 16.2. The van der Waals surface area contributed by atoms with Crippen LogP contribution in [-0.4, -0.2) is 30.8 Å². The predicted molar refractivity (Wildman–Crippen MR) is 95.6 cm³/mol. The van der Waals surface area contributed by atoms with Crippen LogP contribution in [0.4, 0.5) is 0 Å². The van der Waals surface area contributed by atoms with Crippen molar-refractivity contribution in [3.8, 4) is 0 Å². The van der Waals surface area contributed by atoms with Gasteiger partial charge in [-0.05, 0) is 24.3 Å². The summed E-state index contributed by atoms with van der Waals surface area (Å²) in [5.41, 5.74) is 1.10. The maximum Gasteiger partial charge on any atom is 0.239 e. The number of hydrogen-bond donors (Lipinski definition) is 3. The van der Waals surface area contributed by atoms with Crippen molar-refractivity contribution < 1.29 is 14.4 Å². The zero-order chi connectivity index (χ0) is 18.1. The van der Waals surface area contributed by atoms with Crippen molar-refractivity contribution in [2.45, 2.75) is 45.1 Å². The Morgan fingerprint density at radius 2 is 1.60 bits per heavy atom. The largest absolute Gasteiger partial charge is 0.347 e. The summed E-state index contributed by atoms with van der Waals surface area (Å²) in [6.07, 6.45) is 5.85. The van der Waals surface area contributed by atoms with E-state index in [1.54, 1.807) is 0 Å². The van der Waals surface area contributed by atoms with E-state index in [4.69, 9.17) is 0 Å². The standard InChI is InChI=1S/C19H27N3O3/c1-14(23)20-12-17(24)21-13-18(25)22-19(15-8-4-2-5-9-15)16-10-6-3-7-11-16/h2,4-5,8-9,16,19H,3,6-7,10-13H2,1H3,(H,20,23)(H,21,24)(H,22,25)/t19-/m0/s1. The van der Waals surface area contributed by atoms with Gasteiger partial charge in [0.15, 0.2) is 0 Å². The van der Waals surface area contributed by atoms with Gasteiger partial charge in [0.2, 0.25) is 17.7 Å². The molecule has 0 radical (unpaired) electrons. The molecule has 2 rings (SSSR count). The molecule has 0 saturated heterocycles. The van der Waals surface area contributed by atoms with Crippen LogP contribution in [0.5, 0.6) is 0 Å². The topological polar surface area (TPSA) is 87.3 Å². The second-order valence-electron chi connectivity index (χ2n) is 6.54. The summed E-state index contributed by atoms with van der Waals surface area (Å²) in [6.45, 7) is 1.14. The summed E-state index contributed by atoms with van der Waals surface area (Å²) in [5.74, 6) is -0.439. The van der Waals surface area contributed by atoms with Crippen LogP contribution in [0.25, 0.3) is 0 Å². The molecule has 136 valence electrons. The Morgan fingerprint density at radius 1 is 0.960 bits per heavy atom. The molecule has 0 aliphatic heterocycles. The van der Waals surface area contributed by atoms with Crippen molar-refractivity contribution in [2.75, 3.05) is 13.1 Å². The second-order valence-corrected chi connectivity index (χ2v) is 6.54. The molecule has 1 aliphatic carbocycles. The number of carbonyl (C=O) groups is 3. The van der Waals surface area contributed by atoms with Crippen molar-refractivity contribution >= 4 is 17.7 Å². The first-order valence-electron chi connectivity index (χ1n) is 8.91. The minimum Gasteiger partial charge on any atom is -0.347 e. The normalized spacial score (nSPS) is 15.9. The Hall–Kier alpha value is -2.37. The van der Waals surface area contributed by atoms with E-state index in [2.05, 4.69) is 16.0 Å². The maximum atomic E-state index is 12.3. The molecule has 6 nitrogen and oxygen atoms in total. The first-order chi connectivity index (χ1) is 12.1. The van der Waals surface area contributed by atoms with Gasteiger partial charge in [-0.3, -0.25) is 14.4 Å². The van der Waals surface area contributed by atoms with Gasteiger partial charge in [0, 0.05) is 6.92 Å². The Kier molecular flexibility index (Phi) is 7.44. The van der Waals surface area contributed by atoms with Crippen LogP contribution in [0.1, 0.15) is 50.6 Å². The van der Waals surface area contributed by atoms with Crippen molar-refractivity contribution in [1.29, 1.82) is 0 Å². The third-order valence-corrected chi connectivity index (χ3v) is 4.54.